The zero-order valence-corrected chi connectivity index (χ0v) is 13.5. The molecule has 22 heavy (non-hydrogen) atoms. The minimum absolute atomic E-state index is 0. The van der Waals surface area contributed by atoms with Crippen molar-refractivity contribution in [2.24, 2.45) is 0 Å². The van der Waals surface area contributed by atoms with E-state index in [4.69, 9.17) is 19.9 Å². The Kier molecular flexibility index (Phi) is 8.01. The fraction of sp³-hybridized carbons (Fsp3) is 0.533. The van der Waals surface area contributed by atoms with Crippen LogP contribution in [0.4, 0.5) is 11.4 Å². The highest BCUT2D eigenvalue weighted by atomic mass is 35.5. The van der Waals surface area contributed by atoms with E-state index in [1.165, 1.54) is 0 Å². The minimum atomic E-state index is -0.123. The van der Waals surface area contributed by atoms with Crippen molar-refractivity contribution in [3.05, 3.63) is 18.2 Å². The van der Waals surface area contributed by atoms with Crippen molar-refractivity contribution in [1.29, 1.82) is 0 Å². The molecule has 7 heteroatoms. The Balaban J connectivity index is 0.00000242. The maximum absolute atomic E-state index is 11.9. The predicted octanol–water partition coefficient (Wildman–Crippen LogP) is 2.22. The molecule has 0 unspecified atom stereocenters. The van der Waals surface area contributed by atoms with E-state index in [0.717, 1.165) is 26.1 Å². The summed E-state index contributed by atoms with van der Waals surface area (Å²) in [7, 11) is 1.57. The van der Waals surface area contributed by atoms with Crippen LogP contribution in [0.2, 0.25) is 0 Å². The van der Waals surface area contributed by atoms with Gasteiger partial charge in [-0.1, -0.05) is 0 Å². The quantitative estimate of drug-likeness (QED) is 0.781. The van der Waals surface area contributed by atoms with Gasteiger partial charge in [0.2, 0.25) is 5.91 Å². The van der Waals surface area contributed by atoms with Gasteiger partial charge in [0.1, 0.15) is 5.75 Å². The van der Waals surface area contributed by atoms with E-state index in [1.54, 1.807) is 25.3 Å². The van der Waals surface area contributed by atoms with Gasteiger partial charge in [-0.15, -0.1) is 12.4 Å². The number of amides is 1. The van der Waals surface area contributed by atoms with Gasteiger partial charge in [0.05, 0.1) is 37.6 Å². The van der Waals surface area contributed by atoms with Crippen LogP contribution in [0.3, 0.4) is 0 Å². The van der Waals surface area contributed by atoms with Crippen LogP contribution in [0.15, 0.2) is 18.2 Å². The van der Waals surface area contributed by atoms with E-state index in [1.807, 2.05) is 0 Å². The van der Waals surface area contributed by atoms with Gasteiger partial charge in [-0.2, -0.15) is 0 Å². The van der Waals surface area contributed by atoms with Gasteiger partial charge in [-0.3, -0.25) is 4.79 Å². The summed E-state index contributed by atoms with van der Waals surface area (Å²) in [5, 5.41) is 2.77. The van der Waals surface area contributed by atoms with Gasteiger partial charge >= 0.3 is 0 Å². The third kappa shape index (κ3) is 5.71. The molecule has 0 aliphatic carbocycles. The average Bonchev–Trinajstić information content (AvgIpc) is 2.50. The third-order valence-electron chi connectivity index (χ3n) is 3.39. The van der Waals surface area contributed by atoms with E-state index >= 15 is 0 Å². The maximum Gasteiger partial charge on any atom is 0.226 e. The number of ether oxygens (including phenoxy) is 3. The Morgan fingerprint density at radius 1 is 1.41 bits per heavy atom. The fourth-order valence-corrected chi connectivity index (χ4v) is 2.14. The lowest BCUT2D eigenvalue weighted by Gasteiger charge is -2.22. The molecule has 0 spiro atoms. The van der Waals surface area contributed by atoms with E-state index in [0.29, 0.717) is 30.2 Å². The van der Waals surface area contributed by atoms with E-state index < -0.39 is 0 Å². The molecule has 3 N–H and O–H groups in total. The Morgan fingerprint density at radius 3 is 2.82 bits per heavy atom. The number of nitrogens with one attached hydrogen (secondary N) is 1. The van der Waals surface area contributed by atoms with Crippen molar-refractivity contribution < 1.29 is 19.0 Å². The number of nitrogen functional groups attached to an aromatic ring is 1. The number of benzene rings is 1. The summed E-state index contributed by atoms with van der Waals surface area (Å²) in [6.45, 7) is 1.87. The molecule has 1 fully saturated rings. The van der Waals surface area contributed by atoms with E-state index in [-0.39, 0.29) is 24.4 Å². The van der Waals surface area contributed by atoms with Crippen LogP contribution in [0, 0.1) is 0 Å². The van der Waals surface area contributed by atoms with E-state index in [9.17, 15) is 4.79 Å². The van der Waals surface area contributed by atoms with Crippen LogP contribution in [0.25, 0.3) is 0 Å². The van der Waals surface area contributed by atoms with Gasteiger partial charge in [0.25, 0.3) is 0 Å². The van der Waals surface area contributed by atoms with Crippen LogP contribution >= 0.6 is 12.4 Å². The molecular formula is C15H23ClN2O4. The fourth-order valence-electron chi connectivity index (χ4n) is 2.14. The number of anilines is 2. The number of carbonyl (C=O) groups excluding carboxylic acids is 1. The Hall–Kier alpha value is -1.50. The lowest BCUT2D eigenvalue weighted by Crippen LogP contribution is -2.25. The zero-order valence-electron chi connectivity index (χ0n) is 12.7. The second-order valence-corrected chi connectivity index (χ2v) is 4.93. The van der Waals surface area contributed by atoms with Gasteiger partial charge < -0.3 is 25.3 Å². The highest BCUT2D eigenvalue weighted by Crippen LogP contribution is 2.24. The number of methoxy groups -OCH3 is 1. The normalized spacial score (nSPS) is 15.0. The number of hydrogen-bond acceptors (Lipinski definition) is 5. The summed E-state index contributed by atoms with van der Waals surface area (Å²) in [5.74, 6) is 0.528. The first-order valence-corrected chi connectivity index (χ1v) is 7.11. The Morgan fingerprint density at radius 2 is 2.14 bits per heavy atom. The number of halogens is 1. The Bertz CT molecular complexity index is 479. The van der Waals surface area contributed by atoms with Gasteiger partial charge in [0, 0.05) is 19.3 Å². The molecular weight excluding hydrogens is 308 g/mol. The van der Waals surface area contributed by atoms with Gasteiger partial charge in [-0.05, 0) is 25.0 Å². The molecule has 1 aliphatic heterocycles. The molecule has 1 heterocycles. The van der Waals surface area contributed by atoms with Gasteiger partial charge in [0.15, 0.2) is 0 Å². The molecule has 0 radical (unpaired) electrons. The van der Waals surface area contributed by atoms with E-state index in [2.05, 4.69) is 5.32 Å². The van der Waals surface area contributed by atoms with Crippen molar-refractivity contribution in [3.8, 4) is 5.75 Å². The first kappa shape index (κ1) is 18.5. The molecule has 1 aromatic rings. The standard InChI is InChI=1S/C15H22N2O4.ClH/c1-19-12-2-3-13(16)14(10-12)17-15(18)6-9-21-11-4-7-20-8-5-11;/h2-3,10-11H,4-9,16H2,1H3,(H,17,18);1H. The monoisotopic (exact) mass is 330 g/mol. The zero-order chi connectivity index (χ0) is 15.1. The summed E-state index contributed by atoms with van der Waals surface area (Å²) >= 11 is 0. The summed E-state index contributed by atoms with van der Waals surface area (Å²) in [5.41, 5.74) is 6.89. The molecule has 1 amide bonds. The van der Waals surface area contributed by atoms with Crippen molar-refractivity contribution in [3.63, 3.8) is 0 Å². The second-order valence-electron chi connectivity index (χ2n) is 4.93. The first-order valence-electron chi connectivity index (χ1n) is 7.11. The molecule has 2 rings (SSSR count). The molecule has 6 nitrogen and oxygen atoms in total. The maximum atomic E-state index is 11.9. The molecule has 1 saturated heterocycles. The summed E-state index contributed by atoms with van der Waals surface area (Å²) in [6.07, 6.45) is 2.29. The van der Waals surface area contributed by atoms with Crippen LogP contribution in [-0.4, -0.2) is 38.9 Å². The van der Waals surface area contributed by atoms with Crippen molar-refractivity contribution in [2.75, 3.05) is 38.0 Å². The molecule has 0 bridgehead atoms. The topological polar surface area (TPSA) is 82.8 Å². The molecule has 124 valence electrons. The van der Waals surface area contributed by atoms with Crippen LogP contribution in [0.1, 0.15) is 19.3 Å². The largest absolute Gasteiger partial charge is 0.497 e. The minimum Gasteiger partial charge on any atom is -0.497 e. The number of nitrogens with two attached hydrogens (primary N) is 1. The highest BCUT2D eigenvalue weighted by Gasteiger charge is 2.14. The lowest BCUT2D eigenvalue weighted by molar-refractivity contribution is -0.118. The number of rotatable bonds is 6. The van der Waals surface area contributed by atoms with Gasteiger partial charge in [-0.25, -0.2) is 0 Å². The van der Waals surface area contributed by atoms with Crippen LogP contribution < -0.4 is 15.8 Å². The van der Waals surface area contributed by atoms with Crippen molar-refractivity contribution >= 4 is 29.7 Å². The molecule has 0 aromatic heterocycles. The molecule has 0 saturated carbocycles. The number of hydrogen-bond donors (Lipinski definition) is 2. The predicted molar refractivity (Wildman–Crippen MR) is 87.7 cm³/mol. The summed E-state index contributed by atoms with van der Waals surface area (Å²) in [6, 6.07) is 5.15. The molecule has 1 aromatic carbocycles. The average molecular weight is 331 g/mol. The van der Waals surface area contributed by atoms with Crippen LogP contribution in [0.5, 0.6) is 5.75 Å². The van der Waals surface area contributed by atoms with Crippen LogP contribution in [-0.2, 0) is 14.3 Å². The summed E-state index contributed by atoms with van der Waals surface area (Å²) < 4.78 is 16.0. The smallest absolute Gasteiger partial charge is 0.226 e. The first-order chi connectivity index (χ1) is 10.2. The highest BCUT2D eigenvalue weighted by molar-refractivity contribution is 5.94. The number of carbonyl (C=O) groups is 1. The molecule has 0 atom stereocenters. The van der Waals surface area contributed by atoms with Crippen molar-refractivity contribution in [2.45, 2.75) is 25.4 Å². The van der Waals surface area contributed by atoms with Crippen molar-refractivity contribution in [1.82, 2.24) is 0 Å². The second kappa shape index (κ2) is 9.50. The third-order valence-corrected chi connectivity index (χ3v) is 3.39. The SMILES string of the molecule is COc1ccc(N)c(NC(=O)CCOC2CCOCC2)c1.Cl. The lowest BCUT2D eigenvalue weighted by atomic mass is 10.1. The Labute approximate surface area is 136 Å². The molecule has 1 aliphatic rings. The summed E-state index contributed by atoms with van der Waals surface area (Å²) in [4.78, 5) is 11.9.